The van der Waals surface area contributed by atoms with Gasteiger partial charge in [-0.15, -0.1) is 0 Å². The van der Waals surface area contributed by atoms with Crippen molar-refractivity contribution < 1.29 is 80.2 Å². The van der Waals surface area contributed by atoms with E-state index in [-0.39, 0.29) is 25.7 Å². The fourth-order valence-corrected chi connectivity index (χ4v) is 8.91. The lowest BCUT2D eigenvalue weighted by molar-refractivity contribution is -0.161. The van der Waals surface area contributed by atoms with Gasteiger partial charge in [0, 0.05) is 25.7 Å². The van der Waals surface area contributed by atoms with Gasteiger partial charge in [0.2, 0.25) is 0 Å². The van der Waals surface area contributed by atoms with Crippen molar-refractivity contribution in [3.63, 3.8) is 0 Å². The second-order valence-corrected chi connectivity index (χ2v) is 21.5. The summed E-state index contributed by atoms with van der Waals surface area (Å²) >= 11 is 0. The molecule has 0 rings (SSSR count). The first-order valence-corrected chi connectivity index (χ1v) is 30.3. The van der Waals surface area contributed by atoms with Crippen LogP contribution in [0.25, 0.3) is 0 Å². The number of phosphoric acid groups is 2. The lowest BCUT2D eigenvalue weighted by Crippen LogP contribution is -2.30. The van der Waals surface area contributed by atoms with Gasteiger partial charge in [-0.2, -0.15) is 0 Å². The molecule has 2 unspecified atom stereocenters. The van der Waals surface area contributed by atoms with Crippen LogP contribution in [-0.2, 0) is 65.4 Å². The van der Waals surface area contributed by atoms with Gasteiger partial charge in [0.1, 0.15) is 19.3 Å². The van der Waals surface area contributed by atoms with E-state index in [1.54, 1.807) is 0 Å². The third-order valence-electron chi connectivity index (χ3n) is 11.6. The minimum Gasteiger partial charge on any atom is -0.462 e. The van der Waals surface area contributed by atoms with Crippen LogP contribution < -0.4 is 0 Å². The molecule has 70 heavy (non-hydrogen) atoms. The number of unbranched alkanes of at least 4 members (excludes halogenated alkanes) is 26. The Hall–Kier alpha value is -1.94. The highest BCUT2D eigenvalue weighted by atomic mass is 31.2. The van der Waals surface area contributed by atoms with Crippen molar-refractivity contribution in [2.45, 2.75) is 264 Å². The highest BCUT2D eigenvalue weighted by Gasteiger charge is 2.30. The van der Waals surface area contributed by atoms with E-state index in [1.807, 2.05) is 0 Å². The number of carbonyl (C=O) groups excluding carboxylic acids is 4. The fourth-order valence-electron chi connectivity index (χ4n) is 7.34. The standard InChI is InChI=1S/C51H98O17P2/c1-5-9-13-17-20-23-26-30-34-38-51(56)68-47(42-62-49(54)36-32-28-24-21-18-14-10-6-2)44-66-70(59,60)64-40-45(52)39-63-69(57,58)65-43-46(41-61-48(53)35-31-27-16-12-8-4)67-50(55)37-33-29-25-22-19-15-11-7-3/h45-47,52H,5-44H2,1-4H3,(H,57,58)(H,59,60)/t45-,46+,47+/m0/s1. The van der Waals surface area contributed by atoms with E-state index in [4.69, 9.17) is 37.0 Å². The molecule has 0 aliphatic rings. The van der Waals surface area contributed by atoms with E-state index in [0.717, 1.165) is 109 Å². The Morgan fingerprint density at radius 2 is 0.571 bits per heavy atom. The van der Waals surface area contributed by atoms with Crippen molar-refractivity contribution >= 4 is 39.5 Å². The molecule has 5 atom stereocenters. The van der Waals surface area contributed by atoms with Crippen LogP contribution in [0.15, 0.2) is 0 Å². The van der Waals surface area contributed by atoms with Crippen LogP contribution in [-0.4, -0.2) is 96.7 Å². The zero-order valence-corrected chi connectivity index (χ0v) is 45.8. The highest BCUT2D eigenvalue weighted by Crippen LogP contribution is 2.45. The maximum Gasteiger partial charge on any atom is 0.472 e. The molecule has 0 radical (unpaired) electrons. The summed E-state index contributed by atoms with van der Waals surface area (Å²) in [4.78, 5) is 71.1. The molecule has 17 nitrogen and oxygen atoms in total. The Kier molecular flexibility index (Phi) is 45.5. The van der Waals surface area contributed by atoms with Crippen LogP contribution in [0.5, 0.6) is 0 Å². The lowest BCUT2D eigenvalue weighted by atomic mass is 10.1. The van der Waals surface area contributed by atoms with Gasteiger partial charge in [0.25, 0.3) is 0 Å². The summed E-state index contributed by atoms with van der Waals surface area (Å²) in [5.41, 5.74) is 0. The number of rotatable bonds is 52. The quantitative estimate of drug-likeness (QED) is 0.0222. The molecule has 19 heteroatoms. The molecular formula is C51H98O17P2. The molecular weight excluding hydrogens is 946 g/mol. The monoisotopic (exact) mass is 1040 g/mol. The van der Waals surface area contributed by atoms with E-state index in [9.17, 15) is 43.2 Å². The molecule has 0 aromatic carbocycles. The van der Waals surface area contributed by atoms with Crippen LogP contribution in [0.1, 0.15) is 246 Å². The van der Waals surface area contributed by atoms with Crippen molar-refractivity contribution in [2.24, 2.45) is 0 Å². The molecule has 0 aromatic heterocycles. The van der Waals surface area contributed by atoms with Gasteiger partial charge in [-0.05, 0) is 25.7 Å². The number of esters is 4. The predicted octanol–water partition coefficient (Wildman–Crippen LogP) is 12.9. The lowest BCUT2D eigenvalue weighted by Gasteiger charge is -2.21. The Morgan fingerprint density at radius 1 is 0.343 bits per heavy atom. The maximum absolute atomic E-state index is 12.8. The normalized spacial score (nSPS) is 14.6. The van der Waals surface area contributed by atoms with Gasteiger partial charge in [-0.25, -0.2) is 9.13 Å². The minimum atomic E-state index is -4.92. The molecule has 0 amide bonds. The first-order chi connectivity index (χ1) is 33.7. The van der Waals surface area contributed by atoms with E-state index in [0.29, 0.717) is 25.7 Å². The van der Waals surface area contributed by atoms with Gasteiger partial charge < -0.3 is 33.8 Å². The van der Waals surface area contributed by atoms with E-state index in [1.165, 1.54) is 57.8 Å². The second kappa shape index (κ2) is 46.8. The second-order valence-electron chi connectivity index (χ2n) is 18.6. The van der Waals surface area contributed by atoms with Crippen LogP contribution in [0, 0.1) is 0 Å². The van der Waals surface area contributed by atoms with Crippen molar-refractivity contribution in [3.8, 4) is 0 Å². The van der Waals surface area contributed by atoms with Crippen LogP contribution in [0.4, 0.5) is 0 Å². The zero-order valence-electron chi connectivity index (χ0n) is 44.0. The molecule has 0 saturated carbocycles. The van der Waals surface area contributed by atoms with Gasteiger partial charge >= 0.3 is 39.5 Å². The van der Waals surface area contributed by atoms with Crippen LogP contribution in [0.2, 0.25) is 0 Å². The molecule has 3 N–H and O–H groups in total. The Balaban J connectivity index is 5.17. The number of carbonyl (C=O) groups is 4. The summed E-state index contributed by atoms with van der Waals surface area (Å²) < 4.78 is 67.1. The molecule has 0 aliphatic carbocycles. The Labute approximate surface area is 422 Å². The summed E-state index contributed by atoms with van der Waals surface area (Å²) in [6.45, 7) is 4.63. The fraction of sp³-hybridized carbons (Fsp3) is 0.922. The number of ether oxygens (including phenoxy) is 4. The minimum absolute atomic E-state index is 0.104. The van der Waals surface area contributed by atoms with Gasteiger partial charge in [-0.1, -0.05) is 195 Å². The molecule has 0 aliphatic heterocycles. The van der Waals surface area contributed by atoms with E-state index in [2.05, 4.69) is 27.7 Å². The number of phosphoric ester groups is 2. The maximum atomic E-state index is 12.8. The molecule has 0 aromatic rings. The van der Waals surface area contributed by atoms with Crippen molar-refractivity contribution in [1.29, 1.82) is 0 Å². The first-order valence-electron chi connectivity index (χ1n) is 27.3. The summed E-state index contributed by atoms with van der Waals surface area (Å²) in [5.74, 6) is -2.17. The topological polar surface area (TPSA) is 237 Å². The summed E-state index contributed by atoms with van der Waals surface area (Å²) in [6.07, 6.45) is 27.1. The van der Waals surface area contributed by atoms with Gasteiger partial charge in [-0.3, -0.25) is 37.3 Å². The third-order valence-corrected chi connectivity index (χ3v) is 13.5. The zero-order chi connectivity index (χ0) is 52.0. The number of aliphatic hydroxyl groups is 1. The number of aliphatic hydroxyl groups excluding tert-OH is 1. The summed E-state index contributed by atoms with van der Waals surface area (Å²) in [6, 6.07) is 0. The van der Waals surface area contributed by atoms with Crippen molar-refractivity contribution in [1.82, 2.24) is 0 Å². The Bertz CT molecular complexity index is 1390. The average Bonchev–Trinajstić information content (AvgIpc) is 3.33. The number of hydrogen-bond donors (Lipinski definition) is 3. The van der Waals surface area contributed by atoms with Crippen molar-refractivity contribution in [3.05, 3.63) is 0 Å². The number of hydrogen-bond acceptors (Lipinski definition) is 15. The van der Waals surface area contributed by atoms with Crippen molar-refractivity contribution in [2.75, 3.05) is 39.6 Å². The van der Waals surface area contributed by atoms with Crippen LogP contribution >= 0.6 is 15.6 Å². The Morgan fingerprint density at radius 3 is 0.843 bits per heavy atom. The third kappa shape index (κ3) is 45.9. The molecule has 0 bridgehead atoms. The summed E-state index contributed by atoms with van der Waals surface area (Å²) in [7, 11) is -9.84. The SMILES string of the molecule is CCCCCCCCCCCC(=O)O[C@H](COC(=O)CCCCCCCCCC)COP(=O)(O)OC[C@@H](O)COP(=O)(O)OC[C@@H](COC(=O)CCCCCCC)OC(=O)CCCCCCCCCC. The van der Waals surface area contributed by atoms with E-state index >= 15 is 0 Å². The van der Waals surface area contributed by atoms with Gasteiger partial charge in [0.05, 0.1) is 26.4 Å². The molecule has 0 fully saturated rings. The predicted molar refractivity (Wildman–Crippen MR) is 271 cm³/mol. The summed E-state index contributed by atoms with van der Waals surface area (Å²) in [5, 5.41) is 10.4. The molecule has 0 heterocycles. The smallest absolute Gasteiger partial charge is 0.462 e. The first kappa shape index (κ1) is 68.1. The van der Waals surface area contributed by atoms with E-state index < -0.39 is 97.5 Å². The van der Waals surface area contributed by atoms with Gasteiger partial charge in [0.15, 0.2) is 12.2 Å². The highest BCUT2D eigenvalue weighted by molar-refractivity contribution is 7.47. The van der Waals surface area contributed by atoms with Crippen LogP contribution in [0.3, 0.4) is 0 Å². The molecule has 0 saturated heterocycles. The largest absolute Gasteiger partial charge is 0.472 e. The molecule has 414 valence electrons. The molecule has 0 spiro atoms. The average molecular weight is 1050 g/mol.